The first-order valence-electron chi connectivity index (χ1n) is 8.40. The molecule has 8 heteroatoms. The second kappa shape index (κ2) is 8.71. The Kier molecular flexibility index (Phi) is 6.10. The minimum absolute atomic E-state index is 0.223. The van der Waals surface area contributed by atoms with E-state index in [1.807, 2.05) is 36.6 Å². The van der Waals surface area contributed by atoms with Crippen molar-refractivity contribution in [1.82, 2.24) is 10.2 Å². The van der Waals surface area contributed by atoms with Gasteiger partial charge in [0, 0.05) is 22.1 Å². The summed E-state index contributed by atoms with van der Waals surface area (Å²) < 4.78 is 16.1. The van der Waals surface area contributed by atoms with Gasteiger partial charge in [-0.25, -0.2) is 0 Å². The molecule has 7 nitrogen and oxygen atoms in total. The van der Waals surface area contributed by atoms with Gasteiger partial charge in [-0.05, 0) is 36.6 Å². The minimum Gasteiger partial charge on any atom is -0.493 e. The number of hydrogen-bond acceptors (Lipinski definition) is 6. The summed E-state index contributed by atoms with van der Waals surface area (Å²) in [5.41, 5.74) is 2.06. The van der Waals surface area contributed by atoms with Gasteiger partial charge in [0.2, 0.25) is 5.75 Å². The van der Waals surface area contributed by atoms with Crippen LogP contribution in [0.5, 0.6) is 17.2 Å². The van der Waals surface area contributed by atoms with Crippen LogP contribution in [0.15, 0.2) is 47.4 Å². The highest BCUT2D eigenvalue weighted by atomic mass is 32.2. The molecule has 0 fully saturated rings. The number of aromatic nitrogens is 2. The second-order valence-corrected chi connectivity index (χ2v) is 6.65. The number of methoxy groups -OCH3 is 3. The molecular formula is C20H21N3O4S. The summed E-state index contributed by atoms with van der Waals surface area (Å²) in [6, 6.07) is 12.8. The van der Waals surface area contributed by atoms with Crippen LogP contribution < -0.4 is 19.5 Å². The van der Waals surface area contributed by atoms with Crippen molar-refractivity contribution in [3.05, 3.63) is 48.0 Å². The number of nitrogens with one attached hydrogen (secondary N) is 2. The third-order valence-corrected chi connectivity index (χ3v) is 4.85. The van der Waals surface area contributed by atoms with E-state index in [2.05, 4.69) is 15.5 Å². The van der Waals surface area contributed by atoms with E-state index in [1.54, 1.807) is 45.2 Å². The van der Waals surface area contributed by atoms with Gasteiger partial charge in [0.25, 0.3) is 5.91 Å². The van der Waals surface area contributed by atoms with Gasteiger partial charge in [-0.2, -0.15) is 5.10 Å². The summed E-state index contributed by atoms with van der Waals surface area (Å²) >= 11 is 1.58. The molecule has 28 heavy (non-hydrogen) atoms. The normalized spacial score (nSPS) is 10.4. The van der Waals surface area contributed by atoms with Crippen molar-refractivity contribution in [2.24, 2.45) is 0 Å². The van der Waals surface area contributed by atoms with E-state index in [0.717, 1.165) is 10.5 Å². The Balaban J connectivity index is 1.85. The van der Waals surface area contributed by atoms with Crippen LogP contribution in [0.2, 0.25) is 0 Å². The Labute approximate surface area is 167 Å². The van der Waals surface area contributed by atoms with Gasteiger partial charge >= 0.3 is 0 Å². The highest BCUT2D eigenvalue weighted by molar-refractivity contribution is 7.98. The summed E-state index contributed by atoms with van der Waals surface area (Å²) in [6.45, 7) is 0. The largest absolute Gasteiger partial charge is 0.493 e. The van der Waals surface area contributed by atoms with E-state index in [9.17, 15) is 4.79 Å². The fraction of sp³-hybridized carbons (Fsp3) is 0.200. The number of thioether (sulfide) groups is 1. The van der Waals surface area contributed by atoms with E-state index in [0.29, 0.717) is 34.3 Å². The molecular weight excluding hydrogens is 378 g/mol. The fourth-order valence-electron chi connectivity index (χ4n) is 2.72. The number of carbonyl (C=O) groups excluding carboxylic acids is 1. The number of carbonyl (C=O) groups is 1. The second-order valence-electron chi connectivity index (χ2n) is 5.77. The Hall–Kier alpha value is -3.13. The monoisotopic (exact) mass is 399 g/mol. The summed E-state index contributed by atoms with van der Waals surface area (Å²) in [5, 5.41) is 9.90. The van der Waals surface area contributed by atoms with Gasteiger partial charge in [-0.15, -0.1) is 11.8 Å². The number of rotatable bonds is 7. The molecule has 2 N–H and O–H groups in total. The van der Waals surface area contributed by atoms with Crippen molar-refractivity contribution < 1.29 is 19.0 Å². The first-order valence-corrected chi connectivity index (χ1v) is 9.63. The first kappa shape index (κ1) is 19.6. The number of nitrogens with zero attached hydrogens (tertiary/aromatic N) is 1. The highest BCUT2D eigenvalue weighted by Gasteiger charge is 2.16. The molecule has 0 bridgehead atoms. The topological polar surface area (TPSA) is 85.5 Å². The number of hydrogen-bond donors (Lipinski definition) is 2. The fourth-order valence-corrected chi connectivity index (χ4v) is 3.18. The number of aromatic amines is 1. The molecule has 1 aromatic heterocycles. The van der Waals surface area contributed by atoms with E-state index < -0.39 is 0 Å². The smallest absolute Gasteiger partial charge is 0.256 e. The molecule has 0 aliphatic carbocycles. The molecule has 2 aromatic carbocycles. The number of amides is 1. The minimum atomic E-state index is -0.223. The van der Waals surface area contributed by atoms with Gasteiger partial charge in [0.05, 0.1) is 27.0 Å². The maximum Gasteiger partial charge on any atom is 0.256 e. The average Bonchev–Trinajstić information content (AvgIpc) is 3.20. The summed E-state index contributed by atoms with van der Waals surface area (Å²) in [6.07, 6.45) is 1.97. The molecule has 1 heterocycles. The summed E-state index contributed by atoms with van der Waals surface area (Å²) in [4.78, 5) is 13.5. The van der Waals surface area contributed by atoms with Crippen LogP contribution in [0, 0.1) is 0 Å². The van der Waals surface area contributed by atoms with Gasteiger partial charge < -0.3 is 19.5 Å². The number of benzene rings is 2. The van der Waals surface area contributed by atoms with Crippen molar-refractivity contribution in [3.8, 4) is 28.5 Å². The third-order valence-electron chi connectivity index (χ3n) is 4.13. The standard InChI is InChI=1S/C20H21N3O4S/c1-25-16-9-13(10-17(26-2)19(16)27-3)15-11-18(23-22-15)21-20(24)12-6-5-7-14(8-12)28-4/h5-11H,1-4H3,(H2,21,22,23,24). The van der Waals surface area contributed by atoms with E-state index in [4.69, 9.17) is 14.2 Å². The molecule has 0 spiro atoms. The lowest BCUT2D eigenvalue weighted by Crippen LogP contribution is -2.12. The molecule has 146 valence electrons. The van der Waals surface area contributed by atoms with E-state index in [1.165, 1.54) is 0 Å². The SMILES string of the molecule is COc1cc(-c2cc(NC(=O)c3cccc(SC)c3)n[nH]2)cc(OC)c1OC. The Morgan fingerprint density at radius 3 is 2.36 bits per heavy atom. The number of ether oxygens (including phenoxy) is 3. The lowest BCUT2D eigenvalue weighted by Gasteiger charge is -2.13. The molecule has 0 saturated heterocycles. The van der Waals surface area contributed by atoms with E-state index >= 15 is 0 Å². The highest BCUT2D eigenvalue weighted by Crippen LogP contribution is 2.41. The average molecular weight is 399 g/mol. The van der Waals surface area contributed by atoms with Crippen molar-refractivity contribution in [1.29, 1.82) is 0 Å². The van der Waals surface area contributed by atoms with Gasteiger partial charge in [-0.3, -0.25) is 9.89 Å². The molecule has 3 rings (SSSR count). The molecule has 1 amide bonds. The van der Waals surface area contributed by atoms with Crippen LogP contribution in [0.25, 0.3) is 11.3 Å². The maximum atomic E-state index is 12.5. The molecule has 0 atom stereocenters. The van der Waals surface area contributed by atoms with Crippen LogP contribution >= 0.6 is 11.8 Å². The van der Waals surface area contributed by atoms with Crippen molar-refractivity contribution in [3.63, 3.8) is 0 Å². The molecule has 3 aromatic rings. The molecule has 0 aliphatic rings. The zero-order chi connectivity index (χ0) is 20.1. The maximum absolute atomic E-state index is 12.5. The molecule has 0 unspecified atom stereocenters. The molecule has 0 radical (unpaired) electrons. The molecule has 0 saturated carbocycles. The van der Waals surface area contributed by atoms with Crippen LogP contribution in [0.4, 0.5) is 5.82 Å². The van der Waals surface area contributed by atoms with Crippen molar-refractivity contribution >= 4 is 23.5 Å². The Bertz CT molecular complexity index is 962. The third kappa shape index (κ3) is 4.07. The Morgan fingerprint density at radius 2 is 1.75 bits per heavy atom. The van der Waals surface area contributed by atoms with Crippen molar-refractivity contribution in [2.75, 3.05) is 32.9 Å². The predicted molar refractivity (Wildman–Crippen MR) is 110 cm³/mol. The van der Waals surface area contributed by atoms with E-state index in [-0.39, 0.29) is 5.91 Å². The van der Waals surface area contributed by atoms with Crippen molar-refractivity contribution in [2.45, 2.75) is 4.90 Å². The first-order chi connectivity index (χ1) is 13.6. The van der Waals surface area contributed by atoms with Crippen LogP contribution in [-0.4, -0.2) is 43.7 Å². The van der Waals surface area contributed by atoms with Crippen LogP contribution in [0.3, 0.4) is 0 Å². The Morgan fingerprint density at radius 1 is 1.04 bits per heavy atom. The molecule has 0 aliphatic heterocycles. The predicted octanol–water partition coefficient (Wildman–Crippen LogP) is 4.08. The van der Waals surface area contributed by atoms with Gasteiger partial charge in [0.1, 0.15) is 0 Å². The van der Waals surface area contributed by atoms with Crippen LogP contribution in [0.1, 0.15) is 10.4 Å². The lowest BCUT2D eigenvalue weighted by molar-refractivity contribution is 0.102. The van der Waals surface area contributed by atoms with Crippen LogP contribution in [-0.2, 0) is 0 Å². The quantitative estimate of drug-likeness (QED) is 0.583. The summed E-state index contributed by atoms with van der Waals surface area (Å²) in [5.74, 6) is 1.77. The van der Waals surface area contributed by atoms with Gasteiger partial charge in [-0.1, -0.05) is 6.07 Å². The lowest BCUT2D eigenvalue weighted by atomic mass is 10.1. The zero-order valence-corrected chi connectivity index (χ0v) is 16.8. The summed E-state index contributed by atoms with van der Waals surface area (Å²) in [7, 11) is 4.67. The number of anilines is 1. The number of H-pyrrole nitrogens is 1. The zero-order valence-electron chi connectivity index (χ0n) is 16.0. The van der Waals surface area contributed by atoms with Gasteiger partial charge in [0.15, 0.2) is 17.3 Å².